The molecule has 0 bridgehead atoms. The summed E-state index contributed by atoms with van der Waals surface area (Å²) in [4.78, 5) is 44.9. The van der Waals surface area contributed by atoms with E-state index in [2.05, 4.69) is 15.5 Å². The fourth-order valence-electron chi connectivity index (χ4n) is 2.03. The fraction of sp³-hybridized carbons (Fsp3) is 0.500. The molecular weight excluding hydrogens is 429 g/mol. The van der Waals surface area contributed by atoms with Gasteiger partial charge in [0.15, 0.2) is 10.8 Å². The molecule has 1 aromatic rings. The molecule has 1 aliphatic heterocycles. The van der Waals surface area contributed by atoms with E-state index < -0.39 is 49.8 Å². The molecule has 2 amide bonds. The standard InChI is InChI=1S/C14H18N5O8PS/c1-6-8(11(22)19(6)27-28(25)5-20)17-10(21)9(7-4-29-13(15)16-7)18-26-14(2,3)12(23)24/h4,6,8,20H,5H2,1-3H3,(H3-,15,16,17,21,23,24)/p+1/t6-,8+/m1/s1. The van der Waals surface area contributed by atoms with Gasteiger partial charge in [-0.05, 0) is 30.0 Å². The quantitative estimate of drug-likeness (QED) is 0.168. The molecule has 1 saturated heterocycles. The lowest BCUT2D eigenvalue weighted by Crippen LogP contribution is -2.69. The van der Waals surface area contributed by atoms with E-state index >= 15 is 0 Å². The fourth-order valence-corrected chi connectivity index (χ4v) is 3.05. The molecule has 0 radical (unpaired) electrons. The van der Waals surface area contributed by atoms with Gasteiger partial charge in [-0.25, -0.2) is 9.78 Å². The van der Waals surface area contributed by atoms with Crippen LogP contribution in [-0.4, -0.2) is 67.8 Å². The van der Waals surface area contributed by atoms with Crippen LogP contribution in [0.5, 0.6) is 0 Å². The first-order valence-electron chi connectivity index (χ1n) is 8.06. The number of carboxylic acid groups (broad SMARTS) is 1. The summed E-state index contributed by atoms with van der Waals surface area (Å²) < 4.78 is 16.0. The van der Waals surface area contributed by atoms with Crippen LogP contribution in [-0.2, 0) is 28.4 Å². The molecule has 1 fully saturated rings. The Morgan fingerprint density at radius 1 is 1.52 bits per heavy atom. The number of nitrogens with zero attached hydrogens (tertiary/aromatic N) is 3. The minimum Gasteiger partial charge on any atom is -0.478 e. The maximum absolute atomic E-state index is 12.7. The summed E-state index contributed by atoms with van der Waals surface area (Å²) in [5.41, 5.74) is 3.49. The normalized spacial score (nSPS) is 20.1. The van der Waals surface area contributed by atoms with Crippen molar-refractivity contribution in [2.45, 2.75) is 38.5 Å². The molecule has 0 aliphatic carbocycles. The number of thiazole rings is 1. The molecule has 5 N–H and O–H groups in total. The van der Waals surface area contributed by atoms with E-state index in [1.807, 2.05) is 0 Å². The lowest BCUT2D eigenvalue weighted by Gasteiger charge is -2.39. The van der Waals surface area contributed by atoms with E-state index in [-0.39, 0.29) is 16.5 Å². The van der Waals surface area contributed by atoms with E-state index in [1.165, 1.54) is 26.2 Å². The lowest BCUT2D eigenvalue weighted by molar-refractivity contribution is -0.194. The average Bonchev–Trinajstić information content (AvgIpc) is 3.09. The molecule has 0 aromatic carbocycles. The number of hydrogen-bond acceptors (Lipinski definition) is 11. The summed E-state index contributed by atoms with van der Waals surface area (Å²) >= 11 is 1.02. The van der Waals surface area contributed by atoms with Crippen LogP contribution in [0.25, 0.3) is 0 Å². The first kappa shape index (κ1) is 22.6. The molecule has 1 aromatic heterocycles. The van der Waals surface area contributed by atoms with Crippen LogP contribution in [0.1, 0.15) is 26.5 Å². The summed E-state index contributed by atoms with van der Waals surface area (Å²) in [6.45, 7) is 3.99. The predicted octanol–water partition coefficient (Wildman–Crippen LogP) is -0.351. The second-order valence-corrected chi connectivity index (χ2v) is 8.33. The monoisotopic (exact) mass is 448 g/mol. The van der Waals surface area contributed by atoms with E-state index in [0.29, 0.717) is 0 Å². The van der Waals surface area contributed by atoms with Crippen molar-refractivity contribution in [2.75, 3.05) is 12.1 Å². The number of hydroxylamine groups is 2. The van der Waals surface area contributed by atoms with Crippen molar-refractivity contribution in [3.63, 3.8) is 0 Å². The number of amides is 2. The number of oxime groups is 1. The van der Waals surface area contributed by atoms with Crippen LogP contribution in [0.2, 0.25) is 0 Å². The summed E-state index contributed by atoms with van der Waals surface area (Å²) in [6, 6.07) is -1.71. The molecule has 158 valence electrons. The van der Waals surface area contributed by atoms with Crippen LogP contribution in [0, 0.1) is 0 Å². The van der Waals surface area contributed by atoms with Gasteiger partial charge < -0.3 is 26.1 Å². The maximum Gasteiger partial charge on any atom is 0.561 e. The smallest absolute Gasteiger partial charge is 0.478 e. The van der Waals surface area contributed by atoms with E-state index in [9.17, 15) is 18.9 Å². The highest BCUT2D eigenvalue weighted by Crippen LogP contribution is 2.30. The predicted molar refractivity (Wildman–Crippen MR) is 99.9 cm³/mol. The Morgan fingerprint density at radius 2 is 2.17 bits per heavy atom. The zero-order valence-electron chi connectivity index (χ0n) is 15.6. The van der Waals surface area contributed by atoms with Gasteiger partial charge in [0.2, 0.25) is 5.60 Å². The number of rotatable bonds is 9. The Balaban J connectivity index is 2.18. The summed E-state index contributed by atoms with van der Waals surface area (Å²) in [5.74, 6) is -2.87. The van der Waals surface area contributed by atoms with Crippen LogP contribution in [0.15, 0.2) is 10.5 Å². The van der Waals surface area contributed by atoms with Crippen molar-refractivity contribution in [3.8, 4) is 0 Å². The molecule has 2 rings (SSSR count). The van der Waals surface area contributed by atoms with Crippen molar-refractivity contribution in [1.82, 2.24) is 15.4 Å². The zero-order valence-corrected chi connectivity index (χ0v) is 17.3. The number of aliphatic hydroxyl groups excluding tert-OH is 1. The molecule has 15 heteroatoms. The average molecular weight is 448 g/mol. The van der Waals surface area contributed by atoms with E-state index in [0.717, 1.165) is 16.4 Å². The third-order valence-corrected chi connectivity index (χ3v) is 5.04. The highest BCUT2D eigenvalue weighted by atomic mass is 32.1. The molecule has 0 spiro atoms. The minimum atomic E-state index is -2.46. The Labute approximate surface area is 169 Å². The van der Waals surface area contributed by atoms with Gasteiger partial charge in [-0.2, -0.15) is 5.06 Å². The van der Waals surface area contributed by atoms with Gasteiger partial charge in [0, 0.05) is 5.38 Å². The highest BCUT2D eigenvalue weighted by Gasteiger charge is 2.51. The van der Waals surface area contributed by atoms with Gasteiger partial charge >= 0.3 is 14.0 Å². The second-order valence-electron chi connectivity index (χ2n) is 6.33. The number of β-lactam (4-membered cyclic amide) rings is 1. The van der Waals surface area contributed by atoms with E-state index in [4.69, 9.17) is 25.4 Å². The van der Waals surface area contributed by atoms with Gasteiger partial charge in [0.1, 0.15) is 11.7 Å². The summed E-state index contributed by atoms with van der Waals surface area (Å²) in [6.07, 6.45) is -0.762. The lowest BCUT2D eigenvalue weighted by atomic mass is 10.00. The van der Waals surface area contributed by atoms with Crippen LogP contribution >= 0.6 is 19.4 Å². The van der Waals surface area contributed by atoms with Crippen molar-refractivity contribution in [1.29, 1.82) is 0 Å². The van der Waals surface area contributed by atoms with Gasteiger partial charge in [0.25, 0.3) is 18.2 Å². The van der Waals surface area contributed by atoms with Gasteiger partial charge in [-0.3, -0.25) is 9.59 Å². The Morgan fingerprint density at radius 3 is 2.66 bits per heavy atom. The number of nitrogen functional groups attached to an aromatic ring is 1. The second kappa shape index (κ2) is 8.78. The number of nitrogens with two attached hydrogens (primary N) is 1. The largest absolute Gasteiger partial charge is 0.561 e. The first-order chi connectivity index (χ1) is 13.5. The molecule has 1 aliphatic rings. The number of carboxylic acids is 1. The number of carbonyl (C=O) groups is 3. The van der Waals surface area contributed by atoms with Gasteiger partial charge in [0.05, 0.1) is 6.04 Å². The topological polar surface area (TPSA) is 194 Å². The third-order valence-electron chi connectivity index (χ3n) is 3.78. The molecule has 13 nitrogen and oxygen atoms in total. The van der Waals surface area contributed by atoms with Gasteiger partial charge in [-0.15, -0.1) is 11.3 Å². The van der Waals surface area contributed by atoms with Crippen molar-refractivity contribution in [3.05, 3.63) is 11.1 Å². The number of carbonyl (C=O) groups excluding carboxylic acids is 2. The SMILES string of the molecule is C[C@@H]1[C@H](NC(=O)C(=NOC(C)(C)C(=O)O)c2csc(N)n2)C(=O)N1O[P+](=O)CO. The van der Waals surface area contributed by atoms with E-state index in [1.54, 1.807) is 0 Å². The summed E-state index contributed by atoms with van der Waals surface area (Å²) in [7, 11) is -2.46. The third kappa shape index (κ3) is 5.03. The minimum absolute atomic E-state index is 0.0297. The molecule has 0 saturated carbocycles. The molecular formula is C14H19N5O8PS+. The highest BCUT2D eigenvalue weighted by molar-refractivity contribution is 7.38. The first-order valence-corrected chi connectivity index (χ1v) is 10.3. The summed E-state index contributed by atoms with van der Waals surface area (Å²) in [5, 5.41) is 26.2. The zero-order chi connectivity index (χ0) is 21.9. The molecule has 1 unspecified atom stereocenters. The van der Waals surface area contributed by atoms with Crippen molar-refractivity contribution in [2.24, 2.45) is 5.16 Å². The Kier molecular flexibility index (Phi) is 6.85. The number of anilines is 1. The van der Waals surface area contributed by atoms with Crippen LogP contribution in [0.3, 0.4) is 0 Å². The van der Waals surface area contributed by atoms with Crippen molar-refractivity contribution < 1.29 is 38.6 Å². The Bertz CT molecular complexity index is 872. The molecule has 2 heterocycles. The number of aliphatic hydroxyl groups is 1. The molecule has 3 atom stereocenters. The number of nitrogens with one attached hydrogen (secondary N) is 1. The van der Waals surface area contributed by atoms with Crippen molar-refractivity contribution >= 4 is 48.0 Å². The number of aromatic nitrogens is 1. The van der Waals surface area contributed by atoms with Gasteiger partial charge in [-0.1, -0.05) is 5.16 Å². The number of aliphatic carboxylic acids is 1. The van der Waals surface area contributed by atoms with Crippen LogP contribution < -0.4 is 11.1 Å². The molecule has 29 heavy (non-hydrogen) atoms. The maximum atomic E-state index is 12.7. The van der Waals surface area contributed by atoms with Crippen LogP contribution in [0.4, 0.5) is 5.13 Å². The number of hydrogen-bond donors (Lipinski definition) is 4. The Hall–Kier alpha value is -2.67.